The Morgan fingerprint density at radius 1 is 1.44 bits per heavy atom. The van der Waals surface area contributed by atoms with Crippen molar-refractivity contribution in [2.75, 3.05) is 12.8 Å². The fourth-order valence-electron chi connectivity index (χ4n) is 2.09. The van der Waals surface area contributed by atoms with Crippen molar-refractivity contribution in [1.29, 1.82) is 0 Å². The topological polar surface area (TPSA) is 58.4 Å². The highest BCUT2D eigenvalue weighted by molar-refractivity contribution is 5.81. The Morgan fingerprint density at radius 2 is 2.12 bits per heavy atom. The summed E-state index contributed by atoms with van der Waals surface area (Å²) in [4.78, 5) is 13.7. The van der Waals surface area contributed by atoms with E-state index in [9.17, 15) is 4.79 Å². The summed E-state index contributed by atoms with van der Waals surface area (Å²) in [6.07, 6.45) is 0. The van der Waals surface area contributed by atoms with Crippen molar-refractivity contribution in [3.05, 3.63) is 29.3 Å². The third-order valence-corrected chi connectivity index (χ3v) is 3.15. The first-order valence-electron chi connectivity index (χ1n) is 5.44. The van der Waals surface area contributed by atoms with Gasteiger partial charge in [0.2, 0.25) is 5.91 Å². The molecule has 3 N–H and O–H groups in total. The Kier molecular flexibility index (Phi) is 2.83. The van der Waals surface area contributed by atoms with Gasteiger partial charge in [0.15, 0.2) is 0 Å². The molecule has 86 valence electrons. The van der Waals surface area contributed by atoms with Crippen LogP contribution in [0.1, 0.15) is 18.1 Å². The van der Waals surface area contributed by atoms with Gasteiger partial charge in [-0.2, -0.15) is 0 Å². The molecular formula is C12H17N3O. The van der Waals surface area contributed by atoms with Gasteiger partial charge in [0, 0.05) is 25.8 Å². The molecule has 0 aromatic heterocycles. The highest BCUT2D eigenvalue weighted by Crippen LogP contribution is 2.26. The molecule has 1 amide bonds. The van der Waals surface area contributed by atoms with Crippen LogP contribution in [0, 0.1) is 0 Å². The van der Waals surface area contributed by atoms with Crippen LogP contribution in [0.5, 0.6) is 0 Å². The van der Waals surface area contributed by atoms with E-state index < -0.39 is 0 Å². The average molecular weight is 219 g/mol. The molecule has 1 aromatic carbocycles. The number of anilines is 1. The maximum atomic E-state index is 11.5. The molecule has 1 heterocycles. The molecule has 1 unspecified atom stereocenters. The van der Waals surface area contributed by atoms with Crippen molar-refractivity contribution in [1.82, 2.24) is 10.2 Å². The second-order valence-electron chi connectivity index (χ2n) is 4.22. The lowest BCUT2D eigenvalue weighted by Crippen LogP contribution is -2.41. The van der Waals surface area contributed by atoms with E-state index in [1.54, 1.807) is 7.05 Å². The smallest absolute Gasteiger partial charge is 0.236 e. The Hall–Kier alpha value is -1.55. The summed E-state index contributed by atoms with van der Waals surface area (Å²) in [6.45, 7) is 3.55. The highest BCUT2D eigenvalue weighted by atomic mass is 16.2. The number of nitrogens with two attached hydrogens (primary N) is 1. The van der Waals surface area contributed by atoms with Crippen molar-refractivity contribution in [3.8, 4) is 0 Å². The number of nitrogens with one attached hydrogen (secondary N) is 1. The Morgan fingerprint density at radius 3 is 2.81 bits per heavy atom. The number of hydrogen-bond acceptors (Lipinski definition) is 3. The number of rotatable bonds is 2. The fraction of sp³-hybridized carbons (Fsp3) is 0.417. The molecule has 1 aliphatic rings. The Labute approximate surface area is 95.4 Å². The minimum absolute atomic E-state index is 0.0563. The molecule has 0 saturated carbocycles. The van der Waals surface area contributed by atoms with Gasteiger partial charge in [-0.3, -0.25) is 9.69 Å². The second-order valence-corrected chi connectivity index (χ2v) is 4.22. The lowest BCUT2D eigenvalue weighted by atomic mass is 10.1. The van der Waals surface area contributed by atoms with Gasteiger partial charge in [-0.15, -0.1) is 0 Å². The number of hydrogen-bond donors (Lipinski definition) is 2. The normalized spacial score (nSPS) is 16.9. The van der Waals surface area contributed by atoms with Gasteiger partial charge in [-0.1, -0.05) is 6.07 Å². The summed E-state index contributed by atoms with van der Waals surface area (Å²) in [7, 11) is 1.67. The summed E-state index contributed by atoms with van der Waals surface area (Å²) < 4.78 is 0. The number of nitrogen functional groups attached to an aromatic ring is 1. The molecule has 0 fully saturated rings. The van der Waals surface area contributed by atoms with Gasteiger partial charge in [-0.25, -0.2) is 0 Å². The largest absolute Gasteiger partial charge is 0.399 e. The molecule has 1 atom stereocenters. The van der Waals surface area contributed by atoms with Gasteiger partial charge in [0.1, 0.15) is 0 Å². The minimum atomic E-state index is -0.0985. The van der Waals surface area contributed by atoms with E-state index in [4.69, 9.17) is 5.73 Å². The number of carbonyl (C=O) groups excluding carboxylic acids is 1. The molecule has 0 saturated heterocycles. The van der Waals surface area contributed by atoms with Crippen LogP contribution in [-0.4, -0.2) is 23.9 Å². The summed E-state index contributed by atoms with van der Waals surface area (Å²) in [5.41, 5.74) is 9.03. The Bertz CT molecular complexity index is 417. The van der Waals surface area contributed by atoms with E-state index in [0.29, 0.717) is 0 Å². The lowest BCUT2D eigenvalue weighted by molar-refractivity contribution is -0.125. The van der Waals surface area contributed by atoms with Crippen molar-refractivity contribution in [3.63, 3.8) is 0 Å². The molecule has 0 spiro atoms. The molecule has 1 aliphatic heterocycles. The molecule has 16 heavy (non-hydrogen) atoms. The molecule has 2 rings (SSSR count). The first-order valence-corrected chi connectivity index (χ1v) is 5.44. The maximum Gasteiger partial charge on any atom is 0.236 e. The Balaban J connectivity index is 2.13. The van der Waals surface area contributed by atoms with Crippen LogP contribution in [0.15, 0.2) is 18.2 Å². The zero-order valence-electron chi connectivity index (χ0n) is 9.66. The third-order valence-electron chi connectivity index (χ3n) is 3.15. The molecule has 0 radical (unpaired) electrons. The standard InChI is InChI=1S/C12H17N3O/c1-8(12(16)14-2)15-6-9-3-4-11(13)5-10(9)7-15/h3-5,8H,6-7,13H2,1-2H3,(H,14,16). The van der Waals surface area contributed by atoms with Gasteiger partial charge in [0.05, 0.1) is 6.04 Å². The van der Waals surface area contributed by atoms with Crippen LogP contribution < -0.4 is 11.1 Å². The monoisotopic (exact) mass is 219 g/mol. The first kappa shape index (κ1) is 11.0. The van der Waals surface area contributed by atoms with Crippen LogP contribution in [0.2, 0.25) is 0 Å². The zero-order valence-corrected chi connectivity index (χ0v) is 9.66. The summed E-state index contributed by atoms with van der Waals surface area (Å²) >= 11 is 0. The predicted octanol–water partition coefficient (Wildman–Crippen LogP) is 0.719. The molecule has 1 aromatic rings. The van der Waals surface area contributed by atoms with E-state index in [-0.39, 0.29) is 11.9 Å². The average Bonchev–Trinajstić information content (AvgIpc) is 2.69. The molecule has 4 heteroatoms. The summed E-state index contributed by atoms with van der Waals surface area (Å²) in [5.74, 6) is 0.0563. The van der Waals surface area contributed by atoms with E-state index in [2.05, 4.69) is 10.2 Å². The number of likely N-dealkylation sites (N-methyl/N-ethyl adjacent to an activating group) is 1. The van der Waals surface area contributed by atoms with Crippen molar-refractivity contribution < 1.29 is 4.79 Å². The third kappa shape index (κ3) is 1.88. The van der Waals surface area contributed by atoms with Gasteiger partial charge >= 0.3 is 0 Å². The number of nitrogens with zero attached hydrogens (tertiary/aromatic N) is 1. The molecule has 0 bridgehead atoms. The van der Waals surface area contributed by atoms with Crippen LogP contribution in [0.4, 0.5) is 5.69 Å². The SMILES string of the molecule is CNC(=O)C(C)N1Cc2ccc(N)cc2C1. The second kappa shape index (κ2) is 4.14. The molecule has 0 aliphatic carbocycles. The van der Waals surface area contributed by atoms with E-state index in [0.717, 1.165) is 18.8 Å². The zero-order chi connectivity index (χ0) is 11.7. The first-order chi connectivity index (χ1) is 7.61. The van der Waals surface area contributed by atoms with E-state index in [1.807, 2.05) is 25.1 Å². The number of fused-ring (bicyclic) bond motifs is 1. The highest BCUT2D eigenvalue weighted by Gasteiger charge is 2.26. The van der Waals surface area contributed by atoms with E-state index >= 15 is 0 Å². The molecular weight excluding hydrogens is 202 g/mol. The van der Waals surface area contributed by atoms with Crippen LogP contribution in [0.25, 0.3) is 0 Å². The predicted molar refractivity (Wildman–Crippen MR) is 63.6 cm³/mol. The summed E-state index contributed by atoms with van der Waals surface area (Å²) in [6, 6.07) is 5.85. The van der Waals surface area contributed by atoms with Crippen molar-refractivity contribution >= 4 is 11.6 Å². The number of amides is 1. The number of benzene rings is 1. The summed E-state index contributed by atoms with van der Waals surface area (Å²) in [5, 5.41) is 2.67. The van der Waals surface area contributed by atoms with E-state index in [1.165, 1.54) is 11.1 Å². The minimum Gasteiger partial charge on any atom is -0.399 e. The van der Waals surface area contributed by atoms with Gasteiger partial charge < -0.3 is 11.1 Å². The van der Waals surface area contributed by atoms with Crippen molar-refractivity contribution in [2.45, 2.75) is 26.1 Å². The van der Waals surface area contributed by atoms with Gasteiger partial charge in [-0.05, 0) is 30.2 Å². The fourth-order valence-corrected chi connectivity index (χ4v) is 2.09. The van der Waals surface area contributed by atoms with Crippen LogP contribution in [0.3, 0.4) is 0 Å². The van der Waals surface area contributed by atoms with Crippen LogP contribution in [-0.2, 0) is 17.9 Å². The molecule has 4 nitrogen and oxygen atoms in total. The lowest BCUT2D eigenvalue weighted by Gasteiger charge is -2.21. The van der Waals surface area contributed by atoms with Crippen molar-refractivity contribution in [2.24, 2.45) is 0 Å². The number of carbonyl (C=O) groups is 1. The van der Waals surface area contributed by atoms with Crippen LogP contribution >= 0.6 is 0 Å². The maximum absolute atomic E-state index is 11.5. The van der Waals surface area contributed by atoms with Gasteiger partial charge in [0.25, 0.3) is 0 Å². The quantitative estimate of drug-likeness (QED) is 0.721.